The third kappa shape index (κ3) is 5.01. The number of aliphatic hydroxyl groups is 1. The summed E-state index contributed by atoms with van der Waals surface area (Å²) in [5.74, 6) is -0.344. The van der Waals surface area contributed by atoms with Gasteiger partial charge in [-0.05, 0) is 53.2 Å². The number of amidine groups is 1. The lowest BCUT2D eigenvalue weighted by Gasteiger charge is -2.35. The minimum Gasteiger partial charge on any atom is -0.394 e. The van der Waals surface area contributed by atoms with E-state index in [1.807, 2.05) is 11.0 Å². The Kier molecular flexibility index (Phi) is 6.82. The van der Waals surface area contributed by atoms with Gasteiger partial charge in [0.25, 0.3) is 5.91 Å². The first-order valence-electron chi connectivity index (χ1n) is 11.1. The Morgan fingerprint density at radius 1 is 1.25 bits per heavy atom. The van der Waals surface area contributed by atoms with Crippen LogP contribution in [-0.4, -0.2) is 63.1 Å². The minimum absolute atomic E-state index is 0.0179. The maximum Gasteiger partial charge on any atom is 0.416 e. The van der Waals surface area contributed by atoms with Crippen LogP contribution in [0, 0.1) is 0 Å². The zero-order valence-corrected chi connectivity index (χ0v) is 20.4. The highest BCUT2D eigenvalue weighted by atomic mass is 35.5. The second-order valence-corrected chi connectivity index (χ2v) is 9.91. The van der Waals surface area contributed by atoms with E-state index in [1.54, 1.807) is 24.4 Å². The summed E-state index contributed by atoms with van der Waals surface area (Å²) in [5, 5.41) is 18.4. The van der Waals surface area contributed by atoms with E-state index in [1.165, 1.54) is 28.6 Å². The maximum absolute atomic E-state index is 13.5. The van der Waals surface area contributed by atoms with E-state index in [4.69, 9.17) is 11.6 Å². The number of benzene rings is 2. The predicted molar refractivity (Wildman–Crippen MR) is 134 cm³/mol. The van der Waals surface area contributed by atoms with Gasteiger partial charge in [-0.1, -0.05) is 23.7 Å². The molecule has 7 nitrogen and oxygen atoms in total. The first kappa shape index (κ1) is 24.8. The van der Waals surface area contributed by atoms with Crippen LogP contribution in [0.3, 0.4) is 0 Å². The molecule has 5 rings (SSSR count). The first-order valence-corrected chi connectivity index (χ1v) is 12.3. The number of thioether (sulfide) groups is 1. The number of amides is 1. The fourth-order valence-corrected chi connectivity index (χ4v) is 5.46. The molecule has 0 spiro atoms. The van der Waals surface area contributed by atoms with Crippen LogP contribution in [0.2, 0.25) is 5.02 Å². The molecule has 2 aromatic carbocycles. The van der Waals surface area contributed by atoms with Crippen LogP contribution in [0.4, 0.5) is 13.2 Å². The van der Waals surface area contributed by atoms with Crippen LogP contribution < -0.4 is 5.32 Å². The molecule has 1 atom stereocenters. The van der Waals surface area contributed by atoms with Crippen molar-refractivity contribution in [2.45, 2.75) is 18.8 Å². The summed E-state index contributed by atoms with van der Waals surface area (Å²) in [4.78, 5) is 19.1. The third-order valence-corrected chi connectivity index (χ3v) is 7.33. The van der Waals surface area contributed by atoms with Gasteiger partial charge in [-0.25, -0.2) is 0 Å². The van der Waals surface area contributed by atoms with E-state index >= 15 is 0 Å². The quantitative estimate of drug-likeness (QED) is 0.492. The van der Waals surface area contributed by atoms with Crippen LogP contribution in [0.15, 0.2) is 52.5 Å². The number of hydrogen-bond acceptors (Lipinski definition) is 6. The molecule has 2 aliphatic rings. The summed E-state index contributed by atoms with van der Waals surface area (Å²) in [5.41, 5.74) is 0.681. The summed E-state index contributed by atoms with van der Waals surface area (Å²) >= 11 is 7.05. The van der Waals surface area contributed by atoms with E-state index < -0.39 is 11.7 Å². The Labute approximate surface area is 213 Å². The van der Waals surface area contributed by atoms with Crippen LogP contribution in [0.1, 0.15) is 16.7 Å². The molecule has 1 amide bonds. The van der Waals surface area contributed by atoms with Crippen molar-refractivity contribution in [2.24, 2.45) is 4.99 Å². The van der Waals surface area contributed by atoms with Crippen molar-refractivity contribution in [1.29, 1.82) is 0 Å². The molecule has 1 saturated heterocycles. The normalized spacial score (nSPS) is 20.0. The summed E-state index contributed by atoms with van der Waals surface area (Å²) < 4.78 is 42.0. The van der Waals surface area contributed by atoms with Gasteiger partial charge in [-0.15, -0.1) is 0 Å². The molecule has 1 fully saturated rings. The molecule has 36 heavy (non-hydrogen) atoms. The molecular weight excluding hydrogens is 515 g/mol. The van der Waals surface area contributed by atoms with Crippen molar-refractivity contribution in [1.82, 2.24) is 20.0 Å². The molecular formula is C24H21ClF3N5O2S. The number of hydrogen-bond donors (Lipinski definition) is 2. The second kappa shape index (κ2) is 9.89. The summed E-state index contributed by atoms with van der Waals surface area (Å²) in [7, 11) is 0. The lowest BCUT2D eigenvalue weighted by molar-refractivity contribution is -0.138. The molecule has 188 valence electrons. The van der Waals surface area contributed by atoms with E-state index in [0.29, 0.717) is 28.7 Å². The molecule has 12 heteroatoms. The lowest BCUT2D eigenvalue weighted by atomic mass is 10.1. The van der Waals surface area contributed by atoms with Crippen molar-refractivity contribution in [3.05, 3.63) is 69.2 Å². The number of carbonyl (C=O) groups is 1. The van der Waals surface area contributed by atoms with Crippen LogP contribution in [-0.2, 0) is 17.5 Å². The smallest absolute Gasteiger partial charge is 0.394 e. The highest BCUT2D eigenvalue weighted by Crippen LogP contribution is 2.35. The lowest BCUT2D eigenvalue weighted by Crippen LogP contribution is -2.54. The van der Waals surface area contributed by atoms with Gasteiger partial charge >= 0.3 is 6.18 Å². The second-order valence-electron chi connectivity index (χ2n) is 8.46. The largest absolute Gasteiger partial charge is 0.416 e. The van der Waals surface area contributed by atoms with Gasteiger partial charge in [0.2, 0.25) is 0 Å². The van der Waals surface area contributed by atoms with Gasteiger partial charge in [0, 0.05) is 30.0 Å². The van der Waals surface area contributed by atoms with E-state index in [0.717, 1.165) is 23.6 Å². The Bertz CT molecular complexity index is 1390. The standard InChI is InChI=1S/C24H21ClF3N5O2S/c25-17-3-2-15(19(9-17)24(26,27)28)12-33-20-4-1-14(7-16(20)10-30-33)8-21-22(35)31-23(36-21)32-6-5-29-11-18(32)13-34/h1-4,7-10,18,29,34H,5-6,11-13H2/b21-8-/t18-/m1/s1. The summed E-state index contributed by atoms with van der Waals surface area (Å²) in [6.45, 7) is 1.89. The van der Waals surface area contributed by atoms with Crippen molar-refractivity contribution in [3.8, 4) is 0 Å². The number of aromatic nitrogens is 2. The highest BCUT2D eigenvalue weighted by molar-refractivity contribution is 8.18. The number of aliphatic hydroxyl groups excluding tert-OH is 1. The van der Waals surface area contributed by atoms with Crippen molar-refractivity contribution < 1.29 is 23.1 Å². The number of piperazine rings is 1. The van der Waals surface area contributed by atoms with Crippen molar-refractivity contribution >= 4 is 51.4 Å². The molecule has 0 radical (unpaired) electrons. The molecule has 2 N–H and O–H groups in total. The Hall–Kier alpha value is -2.86. The Morgan fingerprint density at radius 3 is 2.86 bits per heavy atom. The number of rotatable bonds is 4. The molecule has 1 aromatic heterocycles. The van der Waals surface area contributed by atoms with E-state index in [-0.39, 0.29) is 35.7 Å². The number of nitrogens with zero attached hydrogens (tertiary/aromatic N) is 4. The van der Waals surface area contributed by atoms with Gasteiger partial charge in [0.05, 0.1) is 41.4 Å². The molecule has 0 saturated carbocycles. The Balaban J connectivity index is 1.37. The average Bonchev–Trinajstić information content (AvgIpc) is 3.42. The minimum atomic E-state index is -4.53. The number of nitrogens with one attached hydrogen (secondary N) is 1. The van der Waals surface area contributed by atoms with Gasteiger partial charge in [-0.2, -0.15) is 23.3 Å². The van der Waals surface area contributed by atoms with Gasteiger partial charge in [0.1, 0.15) is 0 Å². The van der Waals surface area contributed by atoms with Gasteiger partial charge < -0.3 is 15.3 Å². The van der Waals surface area contributed by atoms with Crippen LogP contribution in [0.25, 0.3) is 17.0 Å². The highest BCUT2D eigenvalue weighted by Gasteiger charge is 2.34. The zero-order chi connectivity index (χ0) is 25.4. The number of halogens is 4. The predicted octanol–water partition coefficient (Wildman–Crippen LogP) is 3.99. The van der Waals surface area contributed by atoms with Crippen LogP contribution >= 0.6 is 23.4 Å². The molecule has 2 aliphatic heterocycles. The topological polar surface area (TPSA) is 82.8 Å². The van der Waals surface area contributed by atoms with E-state index in [9.17, 15) is 23.1 Å². The fourth-order valence-electron chi connectivity index (χ4n) is 4.28. The molecule has 0 unspecified atom stereocenters. The number of carbonyl (C=O) groups excluding carboxylic acids is 1. The Morgan fingerprint density at radius 2 is 2.08 bits per heavy atom. The van der Waals surface area contributed by atoms with Gasteiger partial charge in [-0.3, -0.25) is 9.48 Å². The van der Waals surface area contributed by atoms with Crippen molar-refractivity contribution in [3.63, 3.8) is 0 Å². The zero-order valence-electron chi connectivity index (χ0n) is 18.8. The molecule has 3 heterocycles. The maximum atomic E-state index is 13.5. The SMILES string of the molecule is O=C1N=C(N2CCNC[C@@H]2CO)S/C1=C\c1ccc2c(cnn2Cc2ccc(Cl)cc2C(F)(F)F)c1. The fraction of sp³-hybridized carbons (Fsp3) is 0.292. The van der Waals surface area contributed by atoms with Crippen molar-refractivity contribution in [2.75, 3.05) is 26.2 Å². The molecule has 0 aliphatic carbocycles. The molecule has 3 aromatic rings. The first-order chi connectivity index (χ1) is 17.2. The summed E-state index contributed by atoms with van der Waals surface area (Å²) in [6.07, 6.45) is -1.22. The third-order valence-electron chi connectivity index (χ3n) is 6.08. The number of fused-ring (bicyclic) bond motifs is 1. The summed E-state index contributed by atoms with van der Waals surface area (Å²) in [6, 6.07) is 8.94. The van der Waals surface area contributed by atoms with Crippen LogP contribution in [0.5, 0.6) is 0 Å². The average molecular weight is 536 g/mol. The van der Waals surface area contributed by atoms with E-state index in [2.05, 4.69) is 15.4 Å². The number of aliphatic imine (C=N–C) groups is 1. The molecule has 0 bridgehead atoms. The monoisotopic (exact) mass is 535 g/mol. The number of alkyl halides is 3. The van der Waals surface area contributed by atoms with Gasteiger partial charge in [0.15, 0.2) is 5.17 Å².